The third-order valence-electron chi connectivity index (χ3n) is 6.12. The van der Waals surface area contributed by atoms with E-state index in [1.807, 2.05) is 48.5 Å². The molecule has 8 heteroatoms. The van der Waals surface area contributed by atoms with E-state index in [9.17, 15) is 9.90 Å². The fourth-order valence-corrected chi connectivity index (χ4v) is 4.62. The Morgan fingerprint density at radius 1 is 1.09 bits per heavy atom. The number of amides is 1. The second-order valence-electron chi connectivity index (χ2n) is 8.45. The number of H-pyrrole nitrogens is 1. The van der Waals surface area contributed by atoms with Crippen molar-refractivity contribution in [3.05, 3.63) is 94.6 Å². The highest BCUT2D eigenvalue weighted by atomic mass is 35.5. The van der Waals surface area contributed by atoms with Crippen molar-refractivity contribution in [3.63, 3.8) is 0 Å². The molecule has 1 aliphatic heterocycles. The van der Waals surface area contributed by atoms with Crippen molar-refractivity contribution in [2.45, 2.75) is 18.6 Å². The van der Waals surface area contributed by atoms with Gasteiger partial charge in [0, 0.05) is 28.2 Å². The average Bonchev–Trinajstić information content (AvgIpc) is 3.25. The zero-order valence-electron chi connectivity index (χ0n) is 18.9. The maximum atomic E-state index is 13.3. The molecule has 35 heavy (non-hydrogen) atoms. The van der Waals surface area contributed by atoms with Crippen molar-refractivity contribution in [3.8, 4) is 11.5 Å². The zero-order chi connectivity index (χ0) is 24.4. The minimum atomic E-state index is -0.947. The van der Waals surface area contributed by atoms with Crippen LogP contribution < -0.4 is 9.47 Å². The Morgan fingerprint density at radius 2 is 1.86 bits per heavy atom. The van der Waals surface area contributed by atoms with Gasteiger partial charge in [-0.25, -0.2) is 4.79 Å². The number of fused-ring (bicyclic) bond motifs is 3. The summed E-state index contributed by atoms with van der Waals surface area (Å²) in [5.74, 6) is 1.04. The van der Waals surface area contributed by atoms with Crippen molar-refractivity contribution >= 4 is 28.6 Å². The Labute approximate surface area is 207 Å². The van der Waals surface area contributed by atoms with Crippen LogP contribution in [-0.2, 0) is 6.42 Å². The highest BCUT2D eigenvalue weighted by Gasteiger charge is 2.35. The van der Waals surface area contributed by atoms with E-state index in [1.54, 1.807) is 29.2 Å². The third kappa shape index (κ3) is 4.84. The molecule has 0 spiro atoms. The van der Waals surface area contributed by atoms with Crippen LogP contribution >= 0.6 is 11.6 Å². The SMILES string of the molecule is O=C(Oc1ccccc1)N1CCc2c([nH]c3ccc(Cl)cc23)C1c1ccc(OCC(O)CO)cc1. The molecule has 0 aliphatic carbocycles. The molecule has 1 aromatic heterocycles. The van der Waals surface area contributed by atoms with E-state index < -0.39 is 18.2 Å². The predicted molar refractivity (Wildman–Crippen MR) is 133 cm³/mol. The molecule has 1 aliphatic rings. The number of aromatic amines is 1. The van der Waals surface area contributed by atoms with Gasteiger partial charge in [0.25, 0.3) is 0 Å². The number of hydrogen-bond acceptors (Lipinski definition) is 5. The Morgan fingerprint density at radius 3 is 2.60 bits per heavy atom. The first-order valence-corrected chi connectivity index (χ1v) is 11.8. The number of aliphatic hydroxyl groups excluding tert-OH is 2. The van der Waals surface area contributed by atoms with E-state index in [0.717, 1.165) is 27.7 Å². The lowest BCUT2D eigenvalue weighted by atomic mass is 9.92. The van der Waals surface area contributed by atoms with Crippen molar-refractivity contribution in [2.75, 3.05) is 19.8 Å². The lowest BCUT2D eigenvalue weighted by Gasteiger charge is -2.35. The standard InChI is InChI=1S/C27H25ClN2O5/c28-18-8-11-24-23(14-18)22-12-13-30(27(33)35-21-4-2-1-3-5-21)26(25(22)29-24)17-6-9-20(10-7-17)34-16-19(32)15-31/h1-11,14,19,26,29,31-32H,12-13,15-16H2. The Balaban J connectivity index is 1.50. The Bertz CT molecular complexity index is 1320. The highest BCUT2D eigenvalue weighted by Crippen LogP contribution is 2.40. The van der Waals surface area contributed by atoms with Crippen LogP contribution in [-0.4, -0.2) is 52.1 Å². The molecule has 4 aromatic rings. The van der Waals surface area contributed by atoms with E-state index in [2.05, 4.69) is 4.98 Å². The smallest absolute Gasteiger partial charge is 0.416 e. The number of rotatable bonds is 6. The van der Waals surface area contributed by atoms with Crippen LogP contribution in [0.2, 0.25) is 5.02 Å². The zero-order valence-corrected chi connectivity index (χ0v) is 19.6. The summed E-state index contributed by atoms with van der Waals surface area (Å²) in [5.41, 5.74) is 3.88. The molecule has 0 radical (unpaired) electrons. The maximum absolute atomic E-state index is 13.3. The predicted octanol–water partition coefficient (Wildman–Crippen LogP) is 4.70. The van der Waals surface area contributed by atoms with E-state index in [-0.39, 0.29) is 13.2 Å². The summed E-state index contributed by atoms with van der Waals surface area (Å²) in [6, 6.07) is 21.7. The van der Waals surface area contributed by atoms with E-state index >= 15 is 0 Å². The van der Waals surface area contributed by atoms with Crippen molar-refractivity contribution < 1.29 is 24.5 Å². The Kier molecular flexibility index (Phi) is 6.63. The van der Waals surface area contributed by atoms with Crippen LogP contribution in [0.15, 0.2) is 72.8 Å². The molecule has 5 rings (SSSR count). The minimum Gasteiger partial charge on any atom is -0.491 e. The topological polar surface area (TPSA) is 95.0 Å². The van der Waals surface area contributed by atoms with Gasteiger partial charge in [-0.2, -0.15) is 0 Å². The van der Waals surface area contributed by atoms with Gasteiger partial charge >= 0.3 is 6.09 Å². The van der Waals surface area contributed by atoms with Crippen molar-refractivity contribution in [1.29, 1.82) is 0 Å². The van der Waals surface area contributed by atoms with Gasteiger partial charge < -0.3 is 24.7 Å². The lowest BCUT2D eigenvalue weighted by Crippen LogP contribution is -2.42. The first kappa shape index (κ1) is 23.2. The monoisotopic (exact) mass is 492 g/mol. The molecule has 2 unspecified atom stereocenters. The summed E-state index contributed by atoms with van der Waals surface area (Å²) >= 11 is 6.27. The molecule has 7 nitrogen and oxygen atoms in total. The first-order valence-electron chi connectivity index (χ1n) is 11.4. The van der Waals surface area contributed by atoms with Crippen molar-refractivity contribution in [2.24, 2.45) is 0 Å². The summed E-state index contributed by atoms with van der Waals surface area (Å²) in [5, 5.41) is 20.2. The molecule has 0 bridgehead atoms. The second-order valence-corrected chi connectivity index (χ2v) is 8.89. The molecule has 3 aromatic carbocycles. The van der Waals surface area contributed by atoms with Gasteiger partial charge in [-0.15, -0.1) is 0 Å². The number of para-hydroxylation sites is 1. The van der Waals surface area contributed by atoms with Crippen LogP contribution in [0.1, 0.15) is 22.9 Å². The maximum Gasteiger partial charge on any atom is 0.416 e. The highest BCUT2D eigenvalue weighted by molar-refractivity contribution is 6.31. The van der Waals surface area contributed by atoms with Gasteiger partial charge in [0.1, 0.15) is 30.3 Å². The quantitative estimate of drug-likeness (QED) is 0.362. The first-order chi connectivity index (χ1) is 17.0. The fourth-order valence-electron chi connectivity index (χ4n) is 4.44. The lowest BCUT2D eigenvalue weighted by molar-refractivity contribution is 0.0536. The number of aliphatic hydroxyl groups is 2. The molecule has 3 N–H and O–H groups in total. The third-order valence-corrected chi connectivity index (χ3v) is 6.36. The molecule has 1 amide bonds. The number of aromatic nitrogens is 1. The summed E-state index contributed by atoms with van der Waals surface area (Å²) in [6.07, 6.45) is -0.719. The van der Waals surface area contributed by atoms with E-state index in [4.69, 9.17) is 26.2 Å². The largest absolute Gasteiger partial charge is 0.491 e. The number of halogens is 1. The molecular weight excluding hydrogens is 468 g/mol. The number of hydrogen-bond donors (Lipinski definition) is 3. The van der Waals surface area contributed by atoms with Gasteiger partial charge in [-0.1, -0.05) is 41.9 Å². The number of nitrogens with one attached hydrogen (secondary N) is 1. The number of ether oxygens (including phenoxy) is 2. The van der Waals surface area contributed by atoms with Gasteiger partial charge in [0.15, 0.2) is 0 Å². The molecule has 0 saturated heterocycles. The van der Waals surface area contributed by atoms with Crippen LogP contribution in [0, 0.1) is 0 Å². The number of nitrogens with zero attached hydrogens (tertiary/aromatic N) is 1. The van der Waals surface area contributed by atoms with Gasteiger partial charge in [-0.05, 0) is 60.0 Å². The normalized spacial score (nSPS) is 16.1. The van der Waals surface area contributed by atoms with Gasteiger partial charge in [0.2, 0.25) is 0 Å². The number of carbonyl (C=O) groups is 1. The van der Waals surface area contributed by atoms with Gasteiger partial charge in [-0.3, -0.25) is 4.90 Å². The van der Waals surface area contributed by atoms with E-state index in [1.165, 1.54) is 0 Å². The van der Waals surface area contributed by atoms with Crippen LogP contribution in [0.25, 0.3) is 10.9 Å². The summed E-state index contributed by atoms with van der Waals surface area (Å²) < 4.78 is 11.2. The molecule has 0 fully saturated rings. The molecule has 2 heterocycles. The van der Waals surface area contributed by atoms with Crippen LogP contribution in [0.5, 0.6) is 11.5 Å². The van der Waals surface area contributed by atoms with E-state index in [0.29, 0.717) is 29.5 Å². The summed E-state index contributed by atoms with van der Waals surface area (Å²) in [6.45, 7) is 0.0945. The average molecular weight is 493 g/mol. The van der Waals surface area contributed by atoms with Crippen LogP contribution in [0.3, 0.4) is 0 Å². The number of benzene rings is 3. The molecular formula is C27H25ClN2O5. The molecule has 2 atom stereocenters. The molecule has 0 saturated carbocycles. The van der Waals surface area contributed by atoms with Gasteiger partial charge in [0.05, 0.1) is 6.61 Å². The number of carbonyl (C=O) groups excluding carboxylic acids is 1. The summed E-state index contributed by atoms with van der Waals surface area (Å²) in [4.78, 5) is 18.5. The summed E-state index contributed by atoms with van der Waals surface area (Å²) in [7, 11) is 0. The van der Waals surface area contributed by atoms with Crippen molar-refractivity contribution in [1.82, 2.24) is 9.88 Å². The Hall–Kier alpha value is -3.52. The minimum absolute atomic E-state index is 0.0122. The molecule has 180 valence electrons. The fraction of sp³-hybridized carbons (Fsp3) is 0.222. The second kappa shape index (κ2) is 10.00. The van der Waals surface area contributed by atoms with Crippen LogP contribution in [0.4, 0.5) is 4.79 Å².